The minimum absolute atomic E-state index is 0.0106. The molecular weight excluding hydrogens is 346 g/mol. The SMILES string of the molecule is CC1Sc2ccc(C(=O)N3CCN(c4ccccc4)CC3)cc2NC1=O. The molecule has 5 nitrogen and oxygen atoms in total. The Morgan fingerprint density at radius 2 is 1.81 bits per heavy atom. The second-order valence-corrected chi connectivity index (χ2v) is 7.96. The van der Waals surface area contributed by atoms with Gasteiger partial charge in [-0.05, 0) is 37.3 Å². The Bertz CT molecular complexity index is 832. The summed E-state index contributed by atoms with van der Waals surface area (Å²) in [7, 11) is 0. The van der Waals surface area contributed by atoms with E-state index in [1.165, 1.54) is 17.4 Å². The quantitative estimate of drug-likeness (QED) is 0.886. The van der Waals surface area contributed by atoms with Crippen LogP contribution in [0.25, 0.3) is 0 Å². The maximum Gasteiger partial charge on any atom is 0.254 e. The second-order valence-electron chi connectivity index (χ2n) is 6.58. The number of carbonyl (C=O) groups excluding carboxylic acids is 2. The number of amides is 2. The predicted molar refractivity (Wildman–Crippen MR) is 105 cm³/mol. The summed E-state index contributed by atoms with van der Waals surface area (Å²) in [5.74, 6) is 0.0157. The summed E-state index contributed by atoms with van der Waals surface area (Å²) < 4.78 is 0. The van der Waals surface area contributed by atoms with Gasteiger partial charge in [0.05, 0.1) is 10.9 Å². The lowest BCUT2D eigenvalue weighted by atomic mass is 10.1. The molecule has 134 valence electrons. The van der Waals surface area contributed by atoms with Crippen LogP contribution in [-0.2, 0) is 4.79 Å². The molecule has 1 fully saturated rings. The topological polar surface area (TPSA) is 52.7 Å². The Kier molecular flexibility index (Phi) is 4.59. The summed E-state index contributed by atoms with van der Waals surface area (Å²) in [4.78, 5) is 29.9. The molecule has 4 rings (SSSR count). The molecule has 2 aromatic rings. The molecule has 1 atom stereocenters. The van der Waals surface area contributed by atoms with Gasteiger partial charge in [0.15, 0.2) is 0 Å². The molecule has 0 bridgehead atoms. The van der Waals surface area contributed by atoms with Gasteiger partial charge in [-0.3, -0.25) is 9.59 Å². The molecule has 0 saturated carbocycles. The van der Waals surface area contributed by atoms with Crippen LogP contribution in [0.3, 0.4) is 0 Å². The van der Waals surface area contributed by atoms with E-state index in [0.717, 1.165) is 23.7 Å². The first kappa shape index (κ1) is 17.0. The van der Waals surface area contributed by atoms with Crippen molar-refractivity contribution in [2.75, 3.05) is 36.4 Å². The van der Waals surface area contributed by atoms with E-state index < -0.39 is 0 Å². The second kappa shape index (κ2) is 7.03. The van der Waals surface area contributed by atoms with Gasteiger partial charge in [-0.2, -0.15) is 0 Å². The van der Waals surface area contributed by atoms with Crippen molar-refractivity contribution in [3.8, 4) is 0 Å². The van der Waals surface area contributed by atoms with Gasteiger partial charge in [0.2, 0.25) is 5.91 Å². The fourth-order valence-corrected chi connectivity index (χ4v) is 4.26. The number of piperazine rings is 1. The smallest absolute Gasteiger partial charge is 0.254 e. The molecule has 0 spiro atoms. The molecule has 26 heavy (non-hydrogen) atoms. The van der Waals surface area contributed by atoms with Crippen LogP contribution in [0.4, 0.5) is 11.4 Å². The summed E-state index contributed by atoms with van der Waals surface area (Å²) in [6.45, 7) is 4.93. The third kappa shape index (κ3) is 3.29. The molecule has 2 aliphatic rings. The maximum atomic E-state index is 12.9. The Labute approximate surface area is 157 Å². The fourth-order valence-electron chi connectivity index (χ4n) is 3.33. The van der Waals surface area contributed by atoms with Crippen LogP contribution in [0.2, 0.25) is 0 Å². The monoisotopic (exact) mass is 367 g/mol. The number of fused-ring (bicyclic) bond motifs is 1. The third-order valence-electron chi connectivity index (χ3n) is 4.85. The number of anilines is 2. The van der Waals surface area contributed by atoms with Crippen LogP contribution in [0.5, 0.6) is 0 Å². The molecule has 0 aliphatic carbocycles. The van der Waals surface area contributed by atoms with Crippen LogP contribution in [0.15, 0.2) is 53.4 Å². The number of para-hydroxylation sites is 1. The maximum absolute atomic E-state index is 12.9. The molecule has 1 saturated heterocycles. The highest BCUT2D eigenvalue weighted by Gasteiger charge is 2.26. The van der Waals surface area contributed by atoms with Crippen molar-refractivity contribution in [2.45, 2.75) is 17.1 Å². The van der Waals surface area contributed by atoms with Gasteiger partial charge in [0.25, 0.3) is 5.91 Å². The van der Waals surface area contributed by atoms with Crippen molar-refractivity contribution in [2.24, 2.45) is 0 Å². The standard InChI is InChI=1S/C20H21N3O2S/c1-14-19(24)21-17-13-15(7-8-18(17)26-14)20(25)23-11-9-22(10-12-23)16-5-3-2-4-6-16/h2-8,13-14H,9-12H2,1H3,(H,21,24). The van der Waals surface area contributed by atoms with Gasteiger partial charge in [-0.25, -0.2) is 0 Å². The van der Waals surface area contributed by atoms with Crippen molar-refractivity contribution in [1.29, 1.82) is 0 Å². The van der Waals surface area contributed by atoms with Crippen LogP contribution < -0.4 is 10.2 Å². The minimum atomic E-state index is -0.102. The van der Waals surface area contributed by atoms with E-state index >= 15 is 0 Å². The van der Waals surface area contributed by atoms with Gasteiger partial charge in [-0.1, -0.05) is 18.2 Å². The van der Waals surface area contributed by atoms with E-state index in [1.807, 2.05) is 42.2 Å². The van der Waals surface area contributed by atoms with Gasteiger partial charge in [0.1, 0.15) is 0 Å². The number of carbonyl (C=O) groups is 2. The number of nitrogens with zero attached hydrogens (tertiary/aromatic N) is 2. The highest BCUT2D eigenvalue weighted by atomic mass is 32.2. The number of benzene rings is 2. The Morgan fingerprint density at radius 3 is 2.54 bits per heavy atom. The number of rotatable bonds is 2. The summed E-state index contributed by atoms with van der Waals surface area (Å²) in [6.07, 6.45) is 0. The zero-order chi connectivity index (χ0) is 18.1. The van der Waals surface area contributed by atoms with Crippen molar-refractivity contribution in [1.82, 2.24) is 4.90 Å². The van der Waals surface area contributed by atoms with Crippen molar-refractivity contribution >= 4 is 35.0 Å². The van der Waals surface area contributed by atoms with E-state index in [0.29, 0.717) is 18.7 Å². The molecule has 0 aromatic heterocycles. The third-order valence-corrected chi connectivity index (χ3v) is 6.02. The molecule has 1 N–H and O–H groups in total. The van der Waals surface area contributed by atoms with Crippen LogP contribution in [0.1, 0.15) is 17.3 Å². The van der Waals surface area contributed by atoms with Crippen LogP contribution >= 0.6 is 11.8 Å². The van der Waals surface area contributed by atoms with Crippen LogP contribution in [0, 0.1) is 0 Å². The molecule has 6 heteroatoms. The number of nitrogens with one attached hydrogen (secondary N) is 1. The molecule has 0 radical (unpaired) electrons. The normalized spacial score (nSPS) is 19.7. The van der Waals surface area contributed by atoms with E-state index in [9.17, 15) is 9.59 Å². The van der Waals surface area contributed by atoms with Gasteiger partial charge in [-0.15, -0.1) is 11.8 Å². The number of hydrogen-bond acceptors (Lipinski definition) is 4. The largest absolute Gasteiger partial charge is 0.368 e. The predicted octanol–water partition coefficient (Wildman–Crippen LogP) is 3.08. The summed E-state index contributed by atoms with van der Waals surface area (Å²) >= 11 is 1.53. The molecule has 2 amide bonds. The first-order valence-corrected chi connectivity index (χ1v) is 9.70. The summed E-state index contributed by atoms with van der Waals surface area (Å²) in [5.41, 5.74) is 2.57. The highest BCUT2D eigenvalue weighted by molar-refractivity contribution is 8.00. The van der Waals surface area contributed by atoms with Gasteiger partial charge in [0, 0.05) is 42.3 Å². The minimum Gasteiger partial charge on any atom is -0.368 e. The van der Waals surface area contributed by atoms with Gasteiger partial charge >= 0.3 is 0 Å². The lowest BCUT2D eigenvalue weighted by Gasteiger charge is -2.36. The number of thioether (sulfide) groups is 1. The van der Waals surface area contributed by atoms with E-state index in [-0.39, 0.29) is 17.1 Å². The van der Waals surface area contributed by atoms with E-state index in [2.05, 4.69) is 22.3 Å². The molecule has 1 unspecified atom stereocenters. The average molecular weight is 367 g/mol. The van der Waals surface area contributed by atoms with Crippen molar-refractivity contribution in [3.63, 3.8) is 0 Å². The number of hydrogen-bond donors (Lipinski definition) is 1. The zero-order valence-corrected chi connectivity index (χ0v) is 15.5. The Balaban J connectivity index is 1.44. The van der Waals surface area contributed by atoms with Crippen molar-refractivity contribution in [3.05, 3.63) is 54.1 Å². The molecule has 2 heterocycles. The molecule has 2 aliphatic heterocycles. The molecular formula is C20H21N3O2S. The van der Waals surface area contributed by atoms with E-state index in [4.69, 9.17) is 0 Å². The lowest BCUT2D eigenvalue weighted by molar-refractivity contribution is -0.115. The van der Waals surface area contributed by atoms with Crippen LogP contribution in [-0.4, -0.2) is 48.1 Å². The Hall–Kier alpha value is -2.47. The first-order valence-electron chi connectivity index (χ1n) is 8.82. The fraction of sp³-hybridized carbons (Fsp3) is 0.300. The molecule has 2 aromatic carbocycles. The van der Waals surface area contributed by atoms with Crippen molar-refractivity contribution < 1.29 is 9.59 Å². The van der Waals surface area contributed by atoms with E-state index in [1.54, 1.807) is 6.07 Å². The zero-order valence-electron chi connectivity index (χ0n) is 14.6. The summed E-state index contributed by atoms with van der Waals surface area (Å²) in [6, 6.07) is 15.9. The average Bonchev–Trinajstić information content (AvgIpc) is 2.69. The van der Waals surface area contributed by atoms with Gasteiger partial charge < -0.3 is 15.1 Å². The Morgan fingerprint density at radius 1 is 1.08 bits per heavy atom. The summed E-state index contributed by atoms with van der Waals surface area (Å²) in [5, 5.41) is 2.80. The first-order chi connectivity index (χ1) is 12.6. The lowest BCUT2D eigenvalue weighted by Crippen LogP contribution is -2.48. The highest BCUT2D eigenvalue weighted by Crippen LogP contribution is 2.36.